The largest absolute Gasteiger partial charge is 0.419 e. The lowest BCUT2D eigenvalue weighted by Crippen LogP contribution is -2.23. The van der Waals surface area contributed by atoms with Gasteiger partial charge in [-0.05, 0) is 37.5 Å². The van der Waals surface area contributed by atoms with E-state index >= 15 is 0 Å². The molecule has 0 amide bonds. The summed E-state index contributed by atoms with van der Waals surface area (Å²) in [4.78, 5) is 8.48. The van der Waals surface area contributed by atoms with Gasteiger partial charge in [-0.1, -0.05) is 6.07 Å². The van der Waals surface area contributed by atoms with Crippen molar-refractivity contribution in [3.63, 3.8) is 0 Å². The Morgan fingerprint density at radius 2 is 1.96 bits per heavy atom. The highest BCUT2D eigenvalue weighted by Crippen LogP contribution is 2.48. The molecule has 0 unspecified atom stereocenters. The molecule has 4 rings (SSSR count). The van der Waals surface area contributed by atoms with Crippen LogP contribution in [0.4, 0.5) is 23.5 Å². The average molecular weight is 351 g/mol. The van der Waals surface area contributed by atoms with Crippen molar-refractivity contribution in [3.05, 3.63) is 53.2 Å². The first kappa shape index (κ1) is 15.8. The number of nitrogens with zero attached hydrogens (tertiary/aromatic N) is 4. The molecule has 1 aliphatic rings. The van der Waals surface area contributed by atoms with E-state index in [-0.39, 0.29) is 0 Å². The van der Waals surface area contributed by atoms with Crippen molar-refractivity contribution in [1.82, 2.24) is 19.6 Å². The van der Waals surface area contributed by atoms with E-state index in [9.17, 15) is 17.6 Å². The van der Waals surface area contributed by atoms with E-state index in [2.05, 4.69) is 20.4 Å². The number of fused-ring (bicyclic) bond motifs is 1. The number of anilines is 1. The van der Waals surface area contributed by atoms with E-state index in [0.717, 1.165) is 17.8 Å². The molecular formula is C16H13F4N5. The van der Waals surface area contributed by atoms with Gasteiger partial charge in [0.05, 0.1) is 11.1 Å². The van der Waals surface area contributed by atoms with Crippen molar-refractivity contribution in [2.45, 2.75) is 31.5 Å². The molecule has 0 aliphatic heterocycles. The van der Waals surface area contributed by atoms with Gasteiger partial charge >= 0.3 is 6.18 Å². The maximum absolute atomic E-state index is 13.9. The fourth-order valence-electron chi connectivity index (χ4n) is 2.89. The molecule has 1 aliphatic carbocycles. The van der Waals surface area contributed by atoms with Gasteiger partial charge in [-0.2, -0.15) is 22.8 Å². The summed E-state index contributed by atoms with van der Waals surface area (Å²) in [6, 6.07) is 4.79. The summed E-state index contributed by atoms with van der Waals surface area (Å²) < 4.78 is 53.6. The average Bonchev–Trinajstić information content (AvgIpc) is 3.14. The maximum Gasteiger partial charge on any atom is 0.419 e. The second kappa shape index (κ2) is 5.14. The Kier molecular flexibility index (Phi) is 3.25. The lowest BCUT2D eigenvalue weighted by Gasteiger charge is -2.20. The van der Waals surface area contributed by atoms with Gasteiger partial charge in [0.15, 0.2) is 5.65 Å². The normalized spacial score (nSPS) is 16.2. The number of hydrogen-bond donors (Lipinski definition) is 1. The quantitative estimate of drug-likeness (QED) is 0.731. The molecular weight excluding hydrogens is 338 g/mol. The first-order chi connectivity index (χ1) is 11.8. The summed E-state index contributed by atoms with van der Waals surface area (Å²) in [6.45, 7) is 1.80. The van der Waals surface area contributed by atoms with E-state index in [1.807, 2.05) is 0 Å². The van der Waals surface area contributed by atoms with Gasteiger partial charge < -0.3 is 5.32 Å². The zero-order valence-corrected chi connectivity index (χ0v) is 13.1. The Hall–Kier alpha value is -2.71. The van der Waals surface area contributed by atoms with Crippen molar-refractivity contribution in [1.29, 1.82) is 0 Å². The van der Waals surface area contributed by atoms with E-state index in [4.69, 9.17) is 0 Å². The van der Waals surface area contributed by atoms with Crippen molar-refractivity contribution < 1.29 is 17.6 Å². The summed E-state index contributed by atoms with van der Waals surface area (Å²) >= 11 is 0. The minimum atomic E-state index is -4.71. The molecule has 9 heteroatoms. The fraction of sp³-hybridized carbons (Fsp3) is 0.312. The molecule has 0 saturated heterocycles. The van der Waals surface area contributed by atoms with Crippen LogP contribution < -0.4 is 5.32 Å². The van der Waals surface area contributed by atoms with Crippen LogP contribution in [0.3, 0.4) is 0 Å². The van der Waals surface area contributed by atoms with Crippen molar-refractivity contribution in [2.24, 2.45) is 0 Å². The number of aromatic nitrogens is 4. The van der Waals surface area contributed by atoms with Crippen LogP contribution in [0, 0.1) is 12.7 Å². The van der Waals surface area contributed by atoms with Crippen LogP contribution in [0.1, 0.15) is 29.7 Å². The summed E-state index contributed by atoms with van der Waals surface area (Å²) in [5.74, 6) is -0.855. The summed E-state index contributed by atoms with van der Waals surface area (Å²) in [6.07, 6.45) is -2.01. The Morgan fingerprint density at radius 1 is 1.20 bits per heavy atom. The van der Waals surface area contributed by atoms with Gasteiger partial charge in [0.1, 0.15) is 12.1 Å². The van der Waals surface area contributed by atoms with Gasteiger partial charge in [-0.3, -0.25) is 0 Å². The highest BCUT2D eigenvalue weighted by Gasteiger charge is 2.46. The van der Waals surface area contributed by atoms with Gasteiger partial charge in [-0.25, -0.2) is 14.4 Å². The third-order valence-electron chi connectivity index (χ3n) is 4.32. The Morgan fingerprint density at radius 3 is 2.60 bits per heavy atom. The third-order valence-corrected chi connectivity index (χ3v) is 4.32. The smallest absolute Gasteiger partial charge is 0.345 e. The second-order valence-corrected chi connectivity index (χ2v) is 6.15. The zero-order valence-electron chi connectivity index (χ0n) is 13.1. The van der Waals surface area contributed by atoms with Crippen LogP contribution in [0.2, 0.25) is 0 Å². The van der Waals surface area contributed by atoms with Crippen molar-refractivity contribution in [2.75, 3.05) is 5.32 Å². The number of benzene rings is 1. The van der Waals surface area contributed by atoms with E-state index in [1.54, 1.807) is 13.0 Å². The molecule has 3 aromatic rings. The van der Waals surface area contributed by atoms with Gasteiger partial charge in [0, 0.05) is 11.8 Å². The lowest BCUT2D eigenvalue weighted by atomic mass is 10.0. The maximum atomic E-state index is 13.9. The highest BCUT2D eigenvalue weighted by atomic mass is 19.4. The molecule has 0 bridgehead atoms. The molecule has 1 aromatic carbocycles. The highest BCUT2D eigenvalue weighted by molar-refractivity contribution is 5.49. The number of halogens is 4. The van der Waals surface area contributed by atoms with Crippen LogP contribution in [-0.4, -0.2) is 19.6 Å². The van der Waals surface area contributed by atoms with Crippen LogP contribution in [0.15, 0.2) is 30.6 Å². The summed E-state index contributed by atoms with van der Waals surface area (Å²) in [5, 5.41) is 7.29. The first-order valence-electron chi connectivity index (χ1n) is 7.61. The lowest BCUT2D eigenvalue weighted by molar-refractivity contribution is -0.140. The number of nitrogens with one attached hydrogen (secondary N) is 1. The standard InChI is InChI=1S/C16H13F4N5/c1-9-6-13-21-8-22-25(13)14(23-9)24-15(4-5-15)10-2-3-11(12(17)7-10)16(18,19)20/h2-3,6-8H,4-5H2,1H3,(H,23,24). The van der Waals surface area contributed by atoms with Crippen LogP contribution in [0.25, 0.3) is 5.65 Å². The summed E-state index contributed by atoms with van der Waals surface area (Å²) in [5.41, 5.74) is -0.138. The fourth-order valence-corrected chi connectivity index (χ4v) is 2.89. The topological polar surface area (TPSA) is 55.1 Å². The number of aryl methyl sites for hydroxylation is 1. The van der Waals surface area contributed by atoms with Crippen molar-refractivity contribution >= 4 is 11.6 Å². The number of rotatable bonds is 3. The third kappa shape index (κ3) is 2.69. The zero-order chi connectivity index (χ0) is 17.8. The molecule has 1 fully saturated rings. The van der Waals surface area contributed by atoms with E-state index < -0.39 is 23.1 Å². The molecule has 2 aromatic heterocycles. The SMILES string of the molecule is Cc1cc2ncnn2c(NC2(c3ccc(C(F)(F)F)c(F)c3)CC2)n1. The molecule has 0 radical (unpaired) electrons. The monoisotopic (exact) mass is 351 g/mol. The molecule has 0 spiro atoms. The molecule has 130 valence electrons. The number of hydrogen-bond acceptors (Lipinski definition) is 4. The predicted octanol–water partition coefficient (Wildman–Crippen LogP) is 3.69. The first-order valence-corrected chi connectivity index (χ1v) is 7.61. The van der Waals surface area contributed by atoms with Crippen molar-refractivity contribution in [3.8, 4) is 0 Å². The van der Waals surface area contributed by atoms with Gasteiger partial charge in [0.2, 0.25) is 5.95 Å². The molecule has 2 heterocycles. The number of alkyl halides is 3. The Balaban J connectivity index is 1.71. The van der Waals surface area contributed by atoms with Crippen LogP contribution in [-0.2, 0) is 11.7 Å². The second-order valence-electron chi connectivity index (χ2n) is 6.15. The molecule has 5 nitrogen and oxygen atoms in total. The molecule has 0 atom stereocenters. The minimum Gasteiger partial charge on any atom is -0.345 e. The van der Waals surface area contributed by atoms with Crippen LogP contribution in [0.5, 0.6) is 0 Å². The molecule has 25 heavy (non-hydrogen) atoms. The Labute approximate surface area is 139 Å². The molecule has 1 N–H and O–H groups in total. The minimum absolute atomic E-state index is 0.422. The van der Waals surface area contributed by atoms with E-state index in [0.29, 0.717) is 30.0 Å². The van der Waals surface area contributed by atoms with E-state index in [1.165, 1.54) is 16.9 Å². The Bertz CT molecular complexity index is 959. The summed E-state index contributed by atoms with van der Waals surface area (Å²) in [7, 11) is 0. The molecule has 1 saturated carbocycles. The predicted molar refractivity (Wildman–Crippen MR) is 81.5 cm³/mol. The van der Waals surface area contributed by atoms with Crippen LogP contribution >= 0.6 is 0 Å². The van der Waals surface area contributed by atoms with Gasteiger partial charge in [0.25, 0.3) is 0 Å². The van der Waals surface area contributed by atoms with Gasteiger partial charge in [-0.15, -0.1) is 0 Å².